The maximum Gasteiger partial charge on any atom is 0.172 e. The Morgan fingerprint density at radius 3 is 2.76 bits per heavy atom. The summed E-state index contributed by atoms with van der Waals surface area (Å²) in [5.74, 6) is -0.355. The Kier molecular flexibility index (Phi) is 3.10. The van der Waals surface area contributed by atoms with E-state index in [0.717, 1.165) is 29.8 Å². The molecule has 1 aliphatic heterocycles. The van der Waals surface area contributed by atoms with Crippen molar-refractivity contribution < 1.29 is 9.47 Å². The Morgan fingerprint density at radius 2 is 2.05 bits per heavy atom. The van der Waals surface area contributed by atoms with Crippen LogP contribution in [0.5, 0.6) is 0 Å². The molecule has 1 aliphatic carbocycles. The van der Waals surface area contributed by atoms with Gasteiger partial charge in [0.2, 0.25) is 0 Å². The number of ether oxygens (including phenoxy) is 2. The molecule has 21 heavy (non-hydrogen) atoms. The monoisotopic (exact) mass is 303 g/mol. The number of aryl methyl sites for hydroxylation is 1. The summed E-state index contributed by atoms with van der Waals surface area (Å²) < 4.78 is 13.7. The zero-order chi connectivity index (χ0) is 14.4. The second kappa shape index (κ2) is 4.87. The number of benzene rings is 1. The number of fused-ring (bicyclic) bond motifs is 1. The minimum absolute atomic E-state index is 0.355. The maximum atomic E-state index is 6.33. The van der Waals surface area contributed by atoms with E-state index in [9.17, 15) is 0 Å². The van der Waals surface area contributed by atoms with E-state index < -0.39 is 0 Å². The fourth-order valence-corrected chi connectivity index (χ4v) is 3.79. The highest BCUT2D eigenvalue weighted by atomic mass is 35.5. The first kappa shape index (κ1) is 13.4. The fraction of sp³-hybridized carbons (Fsp3) is 0.412. The van der Waals surface area contributed by atoms with Crippen LogP contribution in [0.3, 0.4) is 0 Å². The van der Waals surface area contributed by atoms with Crippen LogP contribution in [-0.4, -0.2) is 23.6 Å². The molecule has 0 amide bonds. The van der Waals surface area contributed by atoms with Crippen LogP contribution in [-0.2, 0) is 16.5 Å². The van der Waals surface area contributed by atoms with Crippen LogP contribution in [0.1, 0.15) is 24.8 Å². The summed E-state index contributed by atoms with van der Waals surface area (Å²) in [5.41, 5.74) is 3.75. The second-order valence-electron chi connectivity index (χ2n) is 5.83. The molecular weight excluding hydrogens is 286 g/mol. The first-order valence-corrected chi connectivity index (χ1v) is 7.77. The third kappa shape index (κ3) is 2.11. The number of aromatic nitrogens is 1. The normalized spacial score (nSPS) is 21.1. The lowest BCUT2D eigenvalue weighted by atomic mass is 9.90. The van der Waals surface area contributed by atoms with Crippen molar-refractivity contribution >= 4 is 28.1 Å². The number of rotatable bonds is 1. The summed E-state index contributed by atoms with van der Waals surface area (Å²) in [5, 5.41) is 2.03. The topological polar surface area (TPSA) is 23.4 Å². The van der Waals surface area contributed by atoms with Gasteiger partial charge in [-0.2, -0.15) is 0 Å². The summed E-state index contributed by atoms with van der Waals surface area (Å²) in [6.45, 7) is 1.43. The molecular formula is C17H18ClNO2. The number of nitrogens with zero attached hydrogens (tertiary/aromatic N) is 1. The summed E-state index contributed by atoms with van der Waals surface area (Å²) in [7, 11) is 2.05. The quantitative estimate of drug-likeness (QED) is 0.790. The Bertz CT molecular complexity index is 726. The van der Waals surface area contributed by atoms with Crippen LogP contribution in [0.25, 0.3) is 16.5 Å². The van der Waals surface area contributed by atoms with E-state index in [2.05, 4.69) is 22.9 Å². The molecule has 0 unspecified atom stereocenters. The van der Waals surface area contributed by atoms with Crippen LogP contribution < -0.4 is 0 Å². The number of para-hydroxylation sites is 1. The largest absolute Gasteiger partial charge is 0.349 e. The molecule has 2 aliphatic rings. The van der Waals surface area contributed by atoms with Crippen molar-refractivity contribution in [3.05, 3.63) is 41.1 Å². The third-order valence-corrected chi connectivity index (χ3v) is 4.85. The van der Waals surface area contributed by atoms with Gasteiger partial charge in [0.15, 0.2) is 5.79 Å². The van der Waals surface area contributed by atoms with E-state index in [-0.39, 0.29) is 5.79 Å². The Balaban J connectivity index is 1.75. The average molecular weight is 304 g/mol. The van der Waals surface area contributed by atoms with E-state index in [1.54, 1.807) is 0 Å². The zero-order valence-corrected chi connectivity index (χ0v) is 12.8. The van der Waals surface area contributed by atoms with Gasteiger partial charge >= 0.3 is 0 Å². The highest BCUT2D eigenvalue weighted by Crippen LogP contribution is 2.41. The molecule has 4 heteroatoms. The van der Waals surface area contributed by atoms with Crippen molar-refractivity contribution in [3.63, 3.8) is 0 Å². The van der Waals surface area contributed by atoms with Crippen molar-refractivity contribution in [2.75, 3.05) is 13.2 Å². The molecule has 0 bridgehead atoms. The van der Waals surface area contributed by atoms with Gasteiger partial charge in [0, 0.05) is 37.0 Å². The van der Waals surface area contributed by atoms with E-state index in [1.807, 2.05) is 19.2 Å². The molecule has 2 heterocycles. The van der Waals surface area contributed by atoms with Crippen LogP contribution in [0, 0.1) is 0 Å². The standard InChI is InChI=1S/C17H18ClNO2/c1-19-11-14(13-3-2-4-15(18)16(13)19)12-5-7-17(8-6-12)20-9-10-21-17/h2-5,11H,6-10H2,1H3. The lowest BCUT2D eigenvalue weighted by Crippen LogP contribution is -2.31. The van der Waals surface area contributed by atoms with E-state index in [4.69, 9.17) is 21.1 Å². The highest BCUT2D eigenvalue weighted by Gasteiger charge is 2.37. The van der Waals surface area contributed by atoms with Gasteiger partial charge in [0.25, 0.3) is 0 Å². The Hall–Kier alpha value is -1.29. The molecule has 1 spiro atoms. The van der Waals surface area contributed by atoms with Crippen molar-refractivity contribution in [2.45, 2.75) is 25.0 Å². The molecule has 0 atom stereocenters. The van der Waals surface area contributed by atoms with Crippen LogP contribution >= 0.6 is 11.6 Å². The van der Waals surface area contributed by atoms with Gasteiger partial charge in [0.1, 0.15) is 0 Å². The predicted octanol–water partition coefficient (Wildman–Crippen LogP) is 4.14. The van der Waals surface area contributed by atoms with Gasteiger partial charge in [-0.1, -0.05) is 29.8 Å². The fourth-order valence-electron chi connectivity index (χ4n) is 3.49. The third-order valence-electron chi connectivity index (χ3n) is 4.55. The van der Waals surface area contributed by atoms with Crippen molar-refractivity contribution in [2.24, 2.45) is 7.05 Å². The lowest BCUT2D eigenvalue weighted by molar-refractivity contribution is -0.159. The van der Waals surface area contributed by atoms with Gasteiger partial charge in [-0.25, -0.2) is 0 Å². The summed E-state index contributed by atoms with van der Waals surface area (Å²) in [4.78, 5) is 0. The van der Waals surface area contributed by atoms with Gasteiger partial charge in [0.05, 0.1) is 23.8 Å². The summed E-state index contributed by atoms with van der Waals surface area (Å²) in [6.07, 6.45) is 7.18. The summed E-state index contributed by atoms with van der Waals surface area (Å²) in [6, 6.07) is 6.10. The number of halogens is 1. The van der Waals surface area contributed by atoms with Crippen molar-refractivity contribution in [1.29, 1.82) is 0 Å². The van der Waals surface area contributed by atoms with Gasteiger partial charge in [-0.05, 0) is 18.1 Å². The molecule has 0 saturated carbocycles. The molecule has 1 aromatic heterocycles. The highest BCUT2D eigenvalue weighted by molar-refractivity contribution is 6.35. The molecule has 0 radical (unpaired) electrons. The van der Waals surface area contributed by atoms with Gasteiger partial charge in [-0.3, -0.25) is 0 Å². The summed E-state index contributed by atoms with van der Waals surface area (Å²) >= 11 is 6.33. The molecule has 110 valence electrons. The molecule has 3 nitrogen and oxygen atoms in total. The molecule has 0 N–H and O–H groups in total. The molecule has 1 aromatic carbocycles. The Labute approximate surface area is 129 Å². The average Bonchev–Trinajstić information content (AvgIpc) is 3.07. The molecule has 1 saturated heterocycles. The number of hydrogen-bond donors (Lipinski definition) is 0. The van der Waals surface area contributed by atoms with E-state index >= 15 is 0 Å². The minimum atomic E-state index is -0.355. The van der Waals surface area contributed by atoms with Crippen LogP contribution in [0.2, 0.25) is 5.02 Å². The van der Waals surface area contributed by atoms with Gasteiger partial charge in [-0.15, -0.1) is 0 Å². The SMILES string of the molecule is Cn1cc(C2=CCC3(CC2)OCCO3)c2cccc(Cl)c21. The Morgan fingerprint density at radius 1 is 1.24 bits per heavy atom. The number of allylic oxidation sites excluding steroid dienone is 1. The first-order valence-electron chi connectivity index (χ1n) is 7.39. The van der Waals surface area contributed by atoms with E-state index in [0.29, 0.717) is 13.2 Å². The van der Waals surface area contributed by atoms with E-state index in [1.165, 1.54) is 16.5 Å². The smallest absolute Gasteiger partial charge is 0.172 e. The molecule has 2 aromatic rings. The second-order valence-corrected chi connectivity index (χ2v) is 6.24. The molecule has 1 fully saturated rings. The zero-order valence-electron chi connectivity index (χ0n) is 12.1. The van der Waals surface area contributed by atoms with Crippen molar-refractivity contribution in [1.82, 2.24) is 4.57 Å². The molecule has 4 rings (SSSR count). The first-order chi connectivity index (χ1) is 10.2. The number of hydrogen-bond acceptors (Lipinski definition) is 2. The van der Waals surface area contributed by atoms with Crippen molar-refractivity contribution in [3.8, 4) is 0 Å². The van der Waals surface area contributed by atoms with Crippen LogP contribution in [0.15, 0.2) is 30.5 Å². The lowest BCUT2D eigenvalue weighted by Gasteiger charge is -2.30. The maximum absolute atomic E-state index is 6.33. The van der Waals surface area contributed by atoms with Gasteiger partial charge < -0.3 is 14.0 Å². The predicted molar refractivity (Wildman–Crippen MR) is 84.4 cm³/mol. The minimum Gasteiger partial charge on any atom is -0.349 e. The van der Waals surface area contributed by atoms with Crippen LogP contribution in [0.4, 0.5) is 0 Å².